The van der Waals surface area contributed by atoms with Crippen LogP contribution in [0, 0.1) is 0 Å². The largest absolute Gasteiger partial charge is 0.353 e. The molecule has 5 nitrogen and oxygen atoms in total. The molecule has 0 aromatic heterocycles. The molecule has 1 aliphatic heterocycles. The van der Waals surface area contributed by atoms with Gasteiger partial charge in [0.25, 0.3) is 5.97 Å². The summed E-state index contributed by atoms with van der Waals surface area (Å²) in [5, 5.41) is 0. The van der Waals surface area contributed by atoms with E-state index in [1.165, 1.54) is 0 Å². The van der Waals surface area contributed by atoms with E-state index in [-0.39, 0.29) is 0 Å². The van der Waals surface area contributed by atoms with Crippen LogP contribution >= 0.6 is 0 Å². The number of rotatable bonds is 9. The predicted molar refractivity (Wildman–Crippen MR) is 71.8 cm³/mol. The quantitative estimate of drug-likeness (QED) is 0.478. The molecule has 0 saturated carbocycles. The molecular formula is C14H28O5. The smallest absolute Gasteiger partial charge is 0.288 e. The molecule has 5 heteroatoms. The van der Waals surface area contributed by atoms with Crippen molar-refractivity contribution in [1.82, 2.24) is 0 Å². The average molecular weight is 276 g/mol. The highest BCUT2D eigenvalue weighted by molar-refractivity contribution is 4.81. The van der Waals surface area contributed by atoms with Gasteiger partial charge in [-0.25, -0.2) is 0 Å². The van der Waals surface area contributed by atoms with Crippen molar-refractivity contribution in [3.8, 4) is 0 Å². The Morgan fingerprint density at radius 3 is 2.26 bits per heavy atom. The van der Waals surface area contributed by atoms with Crippen molar-refractivity contribution in [3.05, 3.63) is 0 Å². The lowest BCUT2D eigenvalue weighted by atomic mass is 10.0. The zero-order chi connectivity index (χ0) is 14.2. The van der Waals surface area contributed by atoms with E-state index in [1.807, 2.05) is 13.8 Å². The molecule has 0 amide bonds. The second-order valence-corrected chi connectivity index (χ2v) is 4.64. The Morgan fingerprint density at radius 2 is 1.74 bits per heavy atom. The highest BCUT2D eigenvalue weighted by atomic mass is 16.9. The molecule has 0 bridgehead atoms. The zero-order valence-electron chi connectivity index (χ0n) is 12.7. The number of methoxy groups -OCH3 is 1. The number of unbranched alkanes of at least 4 members (excludes halogenated alkanes) is 1. The minimum absolute atomic E-state index is 0.432. The molecule has 1 unspecified atom stereocenters. The Balaban J connectivity index is 2.70. The molecular weight excluding hydrogens is 248 g/mol. The minimum Gasteiger partial charge on any atom is -0.353 e. The Bertz CT molecular complexity index is 234. The maximum Gasteiger partial charge on any atom is 0.288 e. The van der Waals surface area contributed by atoms with Gasteiger partial charge in [0.15, 0.2) is 5.79 Å². The van der Waals surface area contributed by atoms with E-state index in [0.29, 0.717) is 39.3 Å². The molecule has 114 valence electrons. The molecule has 0 aliphatic carbocycles. The Kier molecular flexibility index (Phi) is 7.25. The lowest BCUT2D eigenvalue weighted by Crippen LogP contribution is -2.54. The summed E-state index contributed by atoms with van der Waals surface area (Å²) in [6.07, 6.45) is 3.23. The van der Waals surface area contributed by atoms with Gasteiger partial charge in [0, 0.05) is 26.7 Å². The van der Waals surface area contributed by atoms with Crippen molar-refractivity contribution in [3.63, 3.8) is 0 Å². The number of hydrogen-bond acceptors (Lipinski definition) is 5. The third-order valence-corrected chi connectivity index (χ3v) is 3.25. The molecule has 1 heterocycles. The Morgan fingerprint density at radius 1 is 1.05 bits per heavy atom. The highest BCUT2D eigenvalue weighted by Crippen LogP contribution is 2.37. The summed E-state index contributed by atoms with van der Waals surface area (Å²) < 4.78 is 28.6. The number of ether oxygens (including phenoxy) is 5. The molecule has 19 heavy (non-hydrogen) atoms. The van der Waals surface area contributed by atoms with Crippen molar-refractivity contribution >= 4 is 0 Å². The summed E-state index contributed by atoms with van der Waals surface area (Å²) >= 11 is 0. The van der Waals surface area contributed by atoms with Crippen LogP contribution in [0.1, 0.15) is 46.5 Å². The summed E-state index contributed by atoms with van der Waals surface area (Å²) in [5.74, 6) is -1.71. The molecule has 0 aromatic rings. The van der Waals surface area contributed by atoms with Gasteiger partial charge in [-0.05, 0) is 20.3 Å². The molecule has 0 radical (unpaired) electrons. The standard InChI is InChI=1S/C14H28O5/c1-5-8-10-18-13(15-4)9-11-19-14(12-13,16-6-2)17-7-3/h5-12H2,1-4H3. The van der Waals surface area contributed by atoms with Crippen molar-refractivity contribution in [2.45, 2.75) is 58.2 Å². The van der Waals surface area contributed by atoms with Gasteiger partial charge >= 0.3 is 0 Å². The van der Waals surface area contributed by atoms with E-state index in [9.17, 15) is 0 Å². The minimum atomic E-state index is -1.04. The molecule has 0 N–H and O–H groups in total. The summed E-state index contributed by atoms with van der Waals surface area (Å²) in [6, 6.07) is 0. The predicted octanol–water partition coefficient (Wildman–Crippen LogP) is 2.68. The van der Waals surface area contributed by atoms with Gasteiger partial charge in [-0.1, -0.05) is 13.3 Å². The van der Waals surface area contributed by atoms with E-state index in [0.717, 1.165) is 12.8 Å². The highest BCUT2D eigenvalue weighted by Gasteiger charge is 2.49. The Labute approximate surface area is 116 Å². The van der Waals surface area contributed by atoms with Crippen LogP contribution in [0.3, 0.4) is 0 Å². The van der Waals surface area contributed by atoms with Crippen LogP contribution in [0.4, 0.5) is 0 Å². The summed E-state index contributed by atoms with van der Waals surface area (Å²) in [4.78, 5) is 0. The topological polar surface area (TPSA) is 46.2 Å². The zero-order valence-corrected chi connectivity index (χ0v) is 12.7. The van der Waals surface area contributed by atoms with E-state index in [1.54, 1.807) is 7.11 Å². The average Bonchev–Trinajstić information content (AvgIpc) is 2.40. The molecule has 1 atom stereocenters. The lowest BCUT2D eigenvalue weighted by Gasteiger charge is -2.45. The van der Waals surface area contributed by atoms with Crippen molar-refractivity contribution < 1.29 is 23.7 Å². The van der Waals surface area contributed by atoms with Gasteiger partial charge in [0.2, 0.25) is 0 Å². The SMILES string of the molecule is CCCCOC1(OC)CCOC(OCC)(OCC)C1. The van der Waals surface area contributed by atoms with Crippen LogP contribution in [0.25, 0.3) is 0 Å². The van der Waals surface area contributed by atoms with Crippen LogP contribution in [-0.4, -0.2) is 45.3 Å². The van der Waals surface area contributed by atoms with Gasteiger partial charge in [0.1, 0.15) is 0 Å². The van der Waals surface area contributed by atoms with Crippen molar-refractivity contribution in [2.75, 3.05) is 33.5 Å². The lowest BCUT2D eigenvalue weighted by molar-refractivity contribution is -0.434. The first kappa shape index (κ1) is 16.9. The second kappa shape index (κ2) is 8.17. The molecule has 1 fully saturated rings. The van der Waals surface area contributed by atoms with Crippen LogP contribution in [-0.2, 0) is 23.7 Å². The second-order valence-electron chi connectivity index (χ2n) is 4.64. The summed E-state index contributed by atoms with van der Waals surface area (Å²) in [6.45, 7) is 8.20. The van der Waals surface area contributed by atoms with Crippen molar-refractivity contribution in [1.29, 1.82) is 0 Å². The van der Waals surface area contributed by atoms with Gasteiger partial charge in [-0.3, -0.25) is 0 Å². The van der Waals surface area contributed by atoms with E-state index < -0.39 is 11.8 Å². The fourth-order valence-electron chi connectivity index (χ4n) is 2.26. The molecule has 0 aromatic carbocycles. The van der Waals surface area contributed by atoms with E-state index in [4.69, 9.17) is 23.7 Å². The first-order valence-corrected chi connectivity index (χ1v) is 7.27. The van der Waals surface area contributed by atoms with Crippen LogP contribution in [0.5, 0.6) is 0 Å². The fourth-order valence-corrected chi connectivity index (χ4v) is 2.26. The van der Waals surface area contributed by atoms with Gasteiger partial charge in [-0.2, -0.15) is 0 Å². The molecule has 1 rings (SSSR count). The Hall–Kier alpha value is -0.200. The van der Waals surface area contributed by atoms with Crippen molar-refractivity contribution in [2.24, 2.45) is 0 Å². The fraction of sp³-hybridized carbons (Fsp3) is 1.00. The first-order valence-electron chi connectivity index (χ1n) is 7.27. The first-order chi connectivity index (χ1) is 9.16. The maximum atomic E-state index is 5.95. The van der Waals surface area contributed by atoms with Crippen LogP contribution in [0.2, 0.25) is 0 Å². The molecule has 1 saturated heterocycles. The van der Waals surface area contributed by atoms with E-state index in [2.05, 4.69) is 6.92 Å². The third kappa shape index (κ3) is 4.68. The van der Waals surface area contributed by atoms with Crippen LogP contribution < -0.4 is 0 Å². The normalized spacial score (nSPS) is 26.5. The summed E-state index contributed by atoms with van der Waals surface area (Å²) in [5.41, 5.74) is 0. The molecule has 1 aliphatic rings. The maximum absolute atomic E-state index is 5.95. The number of hydrogen-bond donors (Lipinski definition) is 0. The van der Waals surface area contributed by atoms with E-state index >= 15 is 0 Å². The monoisotopic (exact) mass is 276 g/mol. The third-order valence-electron chi connectivity index (χ3n) is 3.25. The summed E-state index contributed by atoms with van der Waals surface area (Å²) in [7, 11) is 1.67. The van der Waals surface area contributed by atoms with Gasteiger partial charge < -0.3 is 23.7 Å². The van der Waals surface area contributed by atoms with Gasteiger partial charge in [-0.15, -0.1) is 0 Å². The van der Waals surface area contributed by atoms with Gasteiger partial charge in [0.05, 0.1) is 19.6 Å². The molecule has 0 spiro atoms. The van der Waals surface area contributed by atoms with Crippen LogP contribution in [0.15, 0.2) is 0 Å².